The molecule has 0 spiro atoms. The van der Waals surface area contributed by atoms with Crippen molar-refractivity contribution < 1.29 is 8.95 Å². The van der Waals surface area contributed by atoms with Crippen molar-refractivity contribution in [1.29, 1.82) is 0 Å². The number of unbranched alkanes of at least 4 members (excludes halogenated alkanes) is 1. The van der Waals surface area contributed by atoms with E-state index in [2.05, 4.69) is 19.2 Å². The van der Waals surface area contributed by atoms with Crippen molar-refractivity contribution in [3.63, 3.8) is 0 Å². The van der Waals surface area contributed by atoms with E-state index in [9.17, 15) is 4.21 Å². The smallest absolute Gasteiger partial charge is 0.0735 e. The van der Waals surface area contributed by atoms with E-state index in [0.717, 1.165) is 44.6 Å². The highest BCUT2D eigenvalue weighted by Crippen LogP contribution is 2.15. The average molecular weight is 247 g/mol. The molecule has 1 heterocycles. The highest BCUT2D eigenvalue weighted by atomic mass is 32.2. The van der Waals surface area contributed by atoms with Gasteiger partial charge in [-0.1, -0.05) is 20.3 Å². The normalized spacial score (nSPS) is 27.9. The van der Waals surface area contributed by atoms with Crippen molar-refractivity contribution >= 4 is 10.8 Å². The molecule has 3 nitrogen and oxygen atoms in total. The van der Waals surface area contributed by atoms with Gasteiger partial charge in [0.15, 0.2) is 0 Å². The summed E-state index contributed by atoms with van der Waals surface area (Å²) in [5.74, 6) is 0.828. The predicted molar refractivity (Wildman–Crippen MR) is 69.2 cm³/mol. The Morgan fingerprint density at radius 1 is 1.38 bits per heavy atom. The van der Waals surface area contributed by atoms with Crippen LogP contribution in [0.2, 0.25) is 0 Å². The van der Waals surface area contributed by atoms with Crippen LogP contribution in [0, 0.1) is 0 Å². The van der Waals surface area contributed by atoms with Gasteiger partial charge >= 0.3 is 0 Å². The van der Waals surface area contributed by atoms with E-state index >= 15 is 0 Å². The molecule has 1 saturated heterocycles. The first kappa shape index (κ1) is 14.1. The summed E-state index contributed by atoms with van der Waals surface area (Å²) in [6.07, 6.45) is 4.31. The molecule has 1 rings (SSSR count). The summed E-state index contributed by atoms with van der Waals surface area (Å²) in [7, 11) is -0.727. The van der Waals surface area contributed by atoms with Gasteiger partial charge in [0.1, 0.15) is 0 Å². The standard InChI is InChI=1S/C12H25NO2S/c1-3-5-9-16(14)12-10-15-8-6-11(12)13-7-4-2/h11-13H,3-10H2,1-2H3. The molecule has 0 bridgehead atoms. The Balaban J connectivity index is 2.42. The van der Waals surface area contributed by atoms with Crippen LogP contribution < -0.4 is 5.32 Å². The minimum atomic E-state index is -0.727. The third-order valence-electron chi connectivity index (χ3n) is 3.00. The van der Waals surface area contributed by atoms with E-state index in [1.54, 1.807) is 0 Å². The lowest BCUT2D eigenvalue weighted by Crippen LogP contribution is -2.49. The summed E-state index contributed by atoms with van der Waals surface area (Å²) in [4.78, 5) is 0. The third kappa shape index (κ3) is 4.52. The molecular weight excluding hydrogens is 222 g/mol. The molecule has 3 atom stereocenters. The monoisotopic (exact) mass is 247 g/mol. The highest BCUT2D eigenvalue weighted by molar-refractivity contribution is 7.85. The van der Waals surface area contributed by atoms with Gasteiger partial charge in [0.2, 0.25) is 0 Å². The van der Waals surface area contributed by atoms with Crippen molar-refractivity contribution in [2.45, 2.75) is 50.8 Å². The molecular formula is C12H25NO2S. The van der Waals surface area contributed by atoms with Crippen molar-refractivity contribution in [2.75, 3.05) is 25.5 Å². The van der Waals surface area contributed by atoms with Crippen LogP contribution in [0.5, 0.6) is 0 Å². The quantitative estimate of drug-likeness (QED) is 0.744. The second-order valence-corrected chi connectivity index (χ2v) is 6.18. The van der Waals surface area contributed by atoms with Crippen molar-refractivity contribution in [3.8, 4) is 0 Å². The van der Waals surface area contributed by atoms with Crippen LogP contribution in [0.1, 0.15) is 39.5 Å². The lowest BCUT2D eigenvalue weighted by atomic mass is 10.1. The summed E-state index contributed by atoms with van der Waals surface area (Å²) in [6.45, 7) is 6.80. The fourth-order valence-electron chi connectivity index (χ4n) is 1.97. The number of hydrogen-bond acceptors (Lipinski definition) is 3. The van der Waals surface area contributed by atoms with Crippen molar-refractivity contribution in [3.05, 3.63) is 0 Å². The zero-order valence-corrected chi connectivity index (χ0v) is 11.4. The molecule has 1 aliphatic rings. The fourth-order valence-corrected chi connectivity index (χ4v) is 3.69. The zero-order valence-electron chi connectivity index (χ0n) is 10.5. The van der Waals surface area contributed by atoms with Crippen LogP contribution in [0.25, 0.3) is 0 Å². The molecule has 1 N–H and O–H groups in total. The minimum Gasteiger partial charge on any atom is -0.380 e. The Hall–Kier alpha value is 0.0700. The molecule has 0 aromatic heterocycles. The number of hydrogen-bond donors (Lipinski definition) is 1. The maximum Gasteiger partial charge on any atom is 0.0735 e. The van der Waals surface area contributed by atoms with Gasteiger partial charge in [-0.05, 0) is 25.8 Å². The largest absolute Gasteiger partial charge is 0.380 e. The van der Waals surface area contributed by atoms with E-state index in [4.69, 9.17) is 4.74 Å². The molecule has 96 valence electrons. The molecule has 16 heavy (non-hydrogen) atoms. The van der Waals surface area contributed by atoms with Crippen molar-refractivity contribution in [1.82, 2.24) is 5.32 Å². The van der Waals surface area contributed by atoms with E-state index in [1.807, 2.05) is 0 Å². The van der Waals surface area contributed by atoms with Gasteiger partial charge in [-0.25, -0.2) is 0 Å². The first-order valence-corrected chi connectivity index (χ1v) is 7.86. The first-order chi connectivity index (χ1) is 7.79. The molecule has 0 amide bonds. The average Bonchev–Trinajstić information content (AvgIpc) is 2.33. The van der Waals surface area contributed by atoms with Gasteiger partial charge in [0, 0.05) is 29.2 Å². The second kappa shape index (κ2) is 8.20. The van der Waals surface area contributed by atoms with E-state index in [-0.39, 0.29) is 5.25 Å². The van der Waals surface area contributed by atoms with E-state index in [0.29, 0.717) is 12.6 Å². The molecule has 0 aromatic rings. The maximum absolute atomic E-state index is 12.1. The van der Waals surface area contributed by atoms with Crippen LogP contribution in [0.3, 0.4) is 0 Å². The number of nitrogens with one attached hydrogen (secondary N) is 1. The van der Waals surface area contributed by atoms with Crippen LogP contribution in [0.15, 0.2) is 0 Å². The summed E-state index contributed by atoms with van der Waals surface area (Å²) in [5, 5.41) is 3.71. The lowest BCUT2D eigenvalue weighted by Gasteiger charge is -2.31. The predicted octanol–water partition coefficient (Wildman–Crippen LogP) is 1.69. The topological polar surface area (TPSA) is 38.3 Å². The Morgan fingerprint density at radius 2 is 2.19 bits per heavy atom. The van der Waals surface area contributed by atoms with Gasteiger partial charge in [-0.3, -0.25) is 4.21 Å². The maximum atomic E-state index is 12.1. The summed E-state index contributed by atoms with van der Waals surface area (Å²) < 4.78 is 17.6. The minimum absolute atomic E-state index is 0.201. The van der Waals surface area contributed by atoms with Crippen LogP contribution >= 0.6 is 0 Å². The van der Waals surface area contributed by atoms with Gasteiger partial charge < -0.3 is 10.1 Å². The van der Waals surface area contributed by atoms with Gasteiger partial charge in [-0.15, -0.1) is 0 Å². The van der Waals surface area contributed by atoms with Gasteiger partial charge in [0.25, 0.3) is 0 Å². The molecule has 4 heteroatoms. The number of ether oxygens (including phenoxy) is 1. The van der Waals surface area contributed by atoms with Crippen molar-refractivity contribution in [2.24, 2.45) is 0 Å². The summed E-state index contributed by atoms with van der Waals surface area (Å²) >= 11 is 0. The second-order valence-electron chi connectivity index (χ2n) is 4.40. The zero-order chi connectivity index (χ0) is 11.8. The SMILES string of the molecule is CCCCS(=O)C1COCCC1NCCC. The molecule has 0 radical (unpaired) electrons. The molecule has 0 aliphatic carbocycles. The Bertz CT molecular complexity index is 211. The Labute approximate surface area is 102 Å². The first-order valence-electron chi connectivity index (χ1n) is 6.47. The Kier molecular flexibility index (Phi) is 7.25. The van der Waals surface area contributed by atoms with Gasteiger partial charge in [-0.2, -0.15) is 0 Å². The Morgan fingerprint density at radius 3 is 2.88 bits per heavy atom. The molecule has 0 saturated carbocycles. The van der Waals surface area contributed by atoms with Crippen LogP contribution in [-0.2, 0) is 15.5 Å². The van der Waals surface area contributed by atoms with Crippen LogP contribution in [0.4, 0.5) is 0 Å². The summed E-state index contributed by atoms with van der Waals surface area (Å²) in [5.41, 5.74) is 0. The molecule has 1 aliphatic heterocycles. The van der Waals surface area contributed by atoms with Crippen LogP contribution in [-0.4, -0.2) is 41.0 Å². The number of rotatable bonds is 7. The highest BCUT2D eigenvalue weighted by Gasteiger charge is 2.29. The fraction of sp³-hybridized carbons (Fsp3) is 1.00. The van der Waals surface area contributed by atoms with E-state index in [1.165, 1.54) is 0 Å². The van der Waals surface area contributed by atoms with E-state index < -0.39 is 10.8 Å². The molecule has 3 unspecified atom stereocenters. The third-order valence-corrected chi connectivity index (χ3v) is 4.83. The summed E-state index contributed by atoms with van der Waals surface area (Å²) in [6, 6.07) is 0.395. The van der Waals surface area contributed by atoms with Gasteiger partial charge in [0.05, 0.1) is 11.9 Å². The molecule has 1 fully saturated rings. The molecule has 0 aromatic carbocycles. The lowest BCUT2D eigenvalue weighted by molar-refractivity contribution is 0.0820.